The van der Waals surface area contributed by atoms with Gasteiger partial charge in [-0.3, -0.25) is 4.98 Å². The molecule has 2 aromatic carbocycles. The van der Waals surface area contributed by atoms with E-state index in [-0.39, 0.29) is 6.10 Å². The van der Waals surface area contributed by atoms with Crippen LogP contribution < -0.4 is 19.7 Å². The summed E-state index contributed by atoms with van der Waals surface area (Å²) in [5.41, 5.74) is 2.21. The third-order valence-corrected chi connectivity index (χ3v) is 5.89. The lowest BCUT2D eigenvalue weighted by Crippen LogP contribution is -2.41. The summed E-state index contributed by atoms with van der Waals surface area (Å²) in [7, 11) is 0. The zero-order chi connectivity index (χ0) is 23.9. The first-order valence-electron chi connectivity index (χ1n) is 12.0. The highest BCUT2D eigenvalue weighted by molar-refractivity contribution is 5.64. The van der Waals surface area contributed by atoms with Crippen LogP contribution in [0.1, 0.15) is 19.8 Å². The first kappa shape index (κ1) is 22.7. The number of benzene rings is 2. The lowest BCUT2D eigenvalue weighted by molar-refractivity contribution is 0.170. The van der Waals surface area contributed by atoms with Gasteiger partial charge in [-0.15, -0.1) is 0 Å². The van der Waals surface area contributed by atoms with Crippen molar-refractivity contribution in [3.63, 3.8) is 0 Å². The molecule has 178 valence electrons. The average molecular weight is 468 g/mol. The van der Waals surface area contributed by atoms with Gasteiger partial charge in [-0.2, -0.15) is 0 Å². The second-order valence-electron chi connectivity index (χ2n) is 8.39. The predicted molar refractivity (Wildman–Crippen MR) is 138 cm³/mol. The molecule has 7 nitrogen and oxygen atoms in total. The second kappa shape index (κ2) is 10.9. The fourth-order valence-corrected chi connectivity index (χ4v) is 4.21. The van der Waals surface area contributed by atoms with E-state index in [1.807, 2.05) is 61.7 Å². The van der Waals surface area contributed by atoms with Crippen LogP contribution >= 0.6 is 0 Å². The fraction of sp³-hybridized carbons (Fsp3) is 0.250. The summed E-state index contributed by atoms with van der Waals surface area (Å²) >= 11 is 0. The molecule has 0 unspecified atom stereocenters. The first-order valence-corrected chi connectivity index (χ1v) is 12.0. The van der Waals surface area contributed by atoms with Crippen molar-refractivity contribution in [1.82, 2.24) is 15.0 Å². The lowest BCUT2D eigenvalue weighted by atomic mass is 10.1. The van der Waals surface area contributed by atoms with E-state index in [2.05, 4.69) is 38.4 Å². The third kappa shape index (κ3) is 5.69. The molecule has 1 saturated heterocycles. The molecule has 0 amide bonds. The highest BCUT2D eigenvalue weighted by atomic mass is 16.5. The summed E-state index contributed by atoms with van der Waals surface area (Å²) in [6, 6.07) is 22.1. The molecule has 1 N–H and O–H groups in total. The summed E-state index contributed by atoms with van der Waals surface area (Å²) in [5, 5.41) is 3.28. The van der Waals surface area contributed by atoms with Crippen LogP contribution in [0.2, 0.25) is 0 Å². The van der Waals surface area contributed by atoms with Gasteiger partial charge in [-0.1, -0.05) is 42.5 Å². The number of anilines is 3. The molecule has 0 radical (unpaired) electrons. The SMILES string of the molecule is CCOc1ccccc1O[C@@H]1CCCN(c2cncc(Nc3ccc(-c4ccccc4)cn3)n2)C1. The number of piperidine rings is 1. The van der Waals surface area contributed by atoms with Crippen LogP contribution in [-0.4, -0.2) is 40.8 Å². The fourth-order valence-electron chi connectivity index (χ4n) is 4.21. The van der Waals surface area contributed by atoms with Crippen LogP contribution in [-0.2, 0) is 0 Å². The summed E-state index contributed by atoms with van der Waals surface area (Å²) in [5.74, 6) is 3.77. The van der Waals surface area contributed by atoms with Gasteiger partial charge in [0.1, 0.15) is 17.7 Å². The van der Waals surface area contributed by atoms with Crippen molar-refractivity contribution >= 4 is 17.5 Å². The normalized spacial score (nSPS) is 15.5. The average Bonchev–Trinajstić information content (AvgIpc) is 2.91. The Morgan fingerprint density at radius 3 is 2.51 bits per heavy atom. The second-order valence-corrected chi connectivity index (χ2v) is 8.39. The van der Waals surface area contributed by atoms with Crippen molar-refractivity contribution in [2.45, 2.75) is 25.9 Å². The van der Waals surface area contributed by atoms with Crippen molar-refractivity contribution in [1.29, 1.82) is 0 Å². The van der Waals surface area contributed by atoms with E-state index >= 15 is 0 Å². The summed E-state index contributed by atoms with van der Waals surface area (Å²) in [4.78, 5) is 16.0. The van der Waals surface area contributed by atoms with Crippen molar-refractivity contribution in [3.8, 4) is 22.6 Å². The predicted octanol–water partition coefficient (Wildman–Crippen LogP) is 5.73. The van der Waals surface area contributed by atoms with Crippen LogP contribution in [0, 0.1) is 0 Å². The van der Waals surface area contributed by atoms with Crippen LogP contribution in [0.4, 0.5) is 17.5 Å². The van der Waals surface area contributed by atoms with Gasteiger partial charge >= 0.3 is 0 Å². The number of rotatable bonds is 8. The van der Waals surface area contributed by atoms with Crippen molar-refractivity contribution in [2.24, 2.45) is 0 Å². The zero-order valence-electron chi connectivity index (χ0n) is 19.8. The van der Waals surface area contributed by atoms with E-state index in [0.29, 0.717) is 12.4 Å². The number of hydrogen-bond acceptors (Lipinski definition) is 7. The van der Waals surface area contributed by atoms with E-state index in [4.69, 9.17) is 14.5 Å². The Morgan fingerprint density at radius 1 is 0.886 bits per heavy atom. The van der Waals surface area contributed by atoms with Crippen LogP contribution in [0.5, 0.6) is 11.5 Å². The lowest BCUT2D eigenvalue weighted by Gasteiger charge is -2.33. The minimum absolute atomic E-state index is 0.0518. The largest absolute Gasteiger partial charge is 0.490 e. The van der Waals surface area contributed by atoms with Gasteiger partial charge in [0.2, 0.25) is 0 Å². The number of ether oxygens (including phenoxy) is 2. The van der Waals surface area contributed by atoms with Crippen molar-refractivity contribution < 1.29 is 9.47 Å². The molecule has 35 heavy (non-hydrogen) atoms. The Labute approximate surface area is 205 Å². The third-order valence-electron chi connectivity index (χ3n) is 5.89. The van der Waals surface area contributed by atoms with Gasteiger partial charge in [0.15, 0.2) is 17.3 Å². The van der Waals surface area contributed by atoms with Crippen molar-refractivity contribution in [2.75, 3.05) is 29.9 Å². The highest BCUT2D eigenvalue weighted by Crippen LogP contribution is 2.30. The molecule has 5 rings (SSSR count). The number of para-hydroxylation sites is 2. The molecule has 1 atom stereocenters. The topological polar surface area (TPSA) is 72.4 Å². The molecule has 0 aliphatic carbocycles. The van der Waals surface area contributed by atoms with Crippen LogP contribution in [0.25, 0.3) is 11.1 Å². The molecule has 4 aromatic rings. The minimum Gasteiger partial charge on any atom is -0.490 e. The molecular formula is C28H29N5O2. The minimum atomic E-state index is 0.0518. The summed E-state index contributed by atoms with van der Waals surface area (Å²) in [6.07, 6.45) is 7.43. The summed E-state index contributed by atoms with van der Waals surface area (Å²) < 4.78 is 12.0. The number of hydrogen-bond donors (Lipinski definition) is 1. The maximum Gasteiger partial charge on any atom is 0.161 e. The van der Waals surface area contributed by atoms with Crippen LogP contribution in [0.15, 0.2) is 85.3 Å². The van der Waals surface area contributed by atoms with Gasteiger partial charge in [0.05, 0.1) is 25.5 Å². The highest BCUT2D eigenvalue weighted by Gasteiger charge is 2.24. The van der Waals surface area contributed by atoms with Crippen molar-refractivity contribution in [3.05, 3.63) is 85.3 Å². The number of nitrogens with one attached hydrogen (secondary N) is 1. The van der Waals surface area contributed by atoms with Gasteiger partial charge in [0.25, 0.3) is 0 Å². The Morgan fingerprint density at radius 2 is 1.71 bits per heavy atom. The van der Waals surface area contributed by atoms with Gasteiger partial charge in [0, 0.05) is 18.3 Å². The van der Waals surface area contributed by atoms with E-state index in [0.717, 1.165) is 60.2 Å². The van der Waals surface area contributed by atoms with E-state index in [1.54, 1.807) is 12.4 Å². The Bertz CT molecular complexity index is 1230. The quantitative estimate of drug-likeness (QED) is 0.355. The van der Waals surface area contributed by atoms with Gasteiger partial charge in [-0.05, 0) is 49.6 Å². The molecule has 3 heterocycles. The molecule has 0 bridgehead atoms. The molecule has 2 aromatic heterocycles. The zero-order valence-corrected chi connectivity index (χ0v) is 19.8. The maximum absolute atomic E-state index is 6.32. The van der Waals surface area contributed by atoms with Crippen LogP contribution in [0.3, 0.4) is 0 Å². The standard InChI is InChI=1S/C28H29N5O2/c1-2-34-24-12-6-7-13-25(24)35-23-11-8-16-33(20-23)28-19-29-18-27(32-28)31-26-15-14-22(17-30-26)21-9-4-3-5-10-21/h3-7,9-10,12-15,17-19,23H,2,8,11,16,20H2,1H3,(H,30,31,32)/t23-/m1/s1. The van der Waals surface area contributed by atoms with E-state index in [9.17, 15) is 0 Å². The molecule has 1 fully saturated rings. The molecule has 7 heteroatoms. The number of pyridine rings is 1. The molecule has 1 aliphatic heterocycles. The van der Waals surface area contributed by atoms with Gasteiger partial charge in [-0.25, -0.2) is 9.97 Å². The Hall–Kier alpha value is -4.13. The smallest absolute Gasteiger partial charge is 0.161 e. The Balaban J connectivity index is 1.25. The van der Waals surface area contributed by atoms with E-state index in [1.165, 1.54) is 0 Å². The maximum atomic E-state index is 6.32. The summed E-state index contributed by atoms with van der Waals surface area (Å²) in [6.45, 7) is 4.24. The number of nitrogens with zero attached hydrogens (tertiary/aromatic N) is 4. The Kier molecular flexibility index (Phi) is 7.03. The molecular weight excluding hydrogens is 438 g/mol. The van der Waals surface area contributed by atoms with Gasteiger partial charge < -0.3 is 19.7 Å². The molecule has 0 spiro atoms. The molecule has 1 aliphatic rings. The monoisotopic (exact) mass is 467 g/mol. The van der Waals surface area contributed by atoms with E-state index < -0.39 is 0 Å². The first-order chi connectivity index (χ1) is 17.3. The number of aromatic nitrogens is 3. The molecule has 0 saturated carbocycles.